The molecule has 104 valence electrons. The molecular formula is C14H19ClN2O2. The average molecular weight is 283 g/mol. The third-order valence-corrected chi connectivity index (χ3v) is 3.45. The molecule has 0 spiro atoms. The molecule has 1 unspecified atom stereocenters. The molecule has 0 aromatic heterocycles. The van der Waals surface area contributed by atoms with E-state index in [1.54, 1.807) is 24.3 Å². The van der Waals surface area contributed by atoms with E-state index < -0.39 is 0 Å². The van der Waals surface area contributed by atoms with Gasteiger partial charge in [-0.05, 0) is 44.5 Å². The van der Waals surface area contributed by atoms with E-state index in [1.165, 1.54) is 0 Å². The van der Waals surface area contributed by atoms with Crippen LogP contribution in [0.1, 0.15) is 19.8 Å². The third-order valence-electron chi connectivity index (χ3n) is 3.22. The van der Waals surface area contributed by atoms with Gasteiger partial charge in [0.05, 0.1) is 5.60 Å². The fraction of sp³-hybridized carbons (Fsp3) is 0.500. The van der Waals surface area contributed by atoms with Crippen molar-refractivity contribution in [2.45, 2.75) is 25.4 Å². The molecule has 1 heterocycles. The van der Waals surface area contributed by atoms with Gasteiger partial charge in [0.2, 0.25) is 5.91 Å². The molecule has 1 aromatic carbocycles. The Morgan fingerprint density at radius 1 is 1.58 bits per heavy atom. The van der Waals surface area contributed by atoms with Crippen LogP contribution < -0.4 is 10.6 Å². The van der Waals surface area contributed by atoms with Gasteiger partial charge >= 0.3 is 0 Å². The number of carbonyl (C=O) groups excluding carboxylic acids is 1. The van der Waals surface area contributed by atoms with Crippen LogP contribution >= 0.6 is 11.6 Å². The zero-order chi connectivity index (χ0) is 13.7. The van der Waals surface area contributed by atoms with Crippen LogP contribution in [-0.2, 0) is 9.53 Å². The topological polar surface area (TPSA) is 50.4 Å². The Hall–Kier alpha value is -1.10. The Morgan fingerprint density at radius 3 is 3.11 bits per heavy atom. The number of benzene rings is 1. The van der Waals surface area contributed by atoms with Gasteiger partial charge < -0.3 is 15.4 Å². The quantitative estimate of drug-likeness (QED) is 0.892. The molecule has 1 atom stereocenters. The molecule has 4 nitrogen and oxygen atoms in total. The zero-order valence-corrected chi connectivity index (χ0v) is 11.8. The summed E-state index contributed by atoms with van der Waals surface area (Å²) in [5.74, 6) is -0.158. The smallest absolute Gasteiger partial charge is 0.250 e. The Kier molecular flexibility index (Phi) is 4.80. The summed E-state index contributed by atoms with van der Waals surface area (Å²) in [6.07, 6.45) is 2.05. The summed E-state index contributed by atoms with van der Waals surface area (Å²) in [6, 6.07) is 7.07. The predicted molar refractivity (Wildman–Crippen MR) is 76.5 cm³/mol. The lowest BCUT2D eigenvalue weighted by molar-refractivity contribution is -0.128. The van der Waals surface area contributed by atoms with Gasteiger partial charge in [-0.1, -0.05) is 17.7 Å². The highest BCUT2D eigenvalue weighted by Gasteiger charge is 2.28. The van der Waals surface area contributed by atoms with Gasteiger partial charge in [0, 0.05) is 17.3 Å². The van der Waals surface area contributed by atoms with Crippen LogP contribution in [0.4, 0.5) is 5.69 Å². The Bertz CT molecular complexity index is 445. The van der Waals surface area contributed by atoms with Crippen LogP contribution in [0.3, 0.4) is 0 Å². The van der Waals surface area contributed by atoms with Crippen molar-refractivity contribution in [3.8, 4) is 0 Å². The number of hydrogen-bond acceptors (Lipinski definition) is 3. The maximum Gasteiger partial charge on any atom is 0.250 e. The first-order valence-electron chi connectivity index (χ1n) is 6.48. The molecule has 1 amide bonds. The number of rotatable bonds is 4. The molecule has 0 aliphatic carbocycles. The van der Waals surface area contributed by atoms with Crippen molar-refractivity contribution >= 4 is 23.2 Å². The van der Waals surface area contributed by atoms with Crippen LogP contribution in [0.15, 0.2) is 24.3 Å². The van der Waals surface area contributed by atoms with Gasteiger partial charge in [0.1, 0.15) is 6.61 Å². The number of amides is 1. The second-order valence-electron chi connectivity index (χ2n) is 5.08. The van der Waals surface area contributed by atoms with Gasteiger partial charge in [-0.15, -0.1) is 0 Å². The highest BCUT2D eigenvalue weighted by atomic mass is 35.5. The summed E-state index contributed by atoms with van der Waals surface area (Å²) in [5, 5.41) is 6.65. The number of nitrogens with one attached hydrogen (secondary N) is 2. The lowest BCUT2D eigenvalue weighted by Crippen LogP contribution is -2.46. The second kappa shape index (κ2) is 6.37. The maximum absolute atomic E-state index is 11.8. The number of halogens is 1. The summed E-state index contributed by atoms with van der Waals surface area (Å²) in [7, 11) is 0. The lowest BCUT2D eigenvalue weighted by atomic mass is 9.96. The highest BCUT2D eigenvalue weighted by molar-refractivity contribution is 6.30. The van der Waals surface area contributed by atoms with E-state index in [0.717, 1.165) is 25.9 Å². The van der Waals surface area contributed by atoms with Crippen LogP contribution in [0.2, 0.25) is 5.02 Å². The molecule has 0 saturated carbocycles. The molecule has 2 rings (SSSR count). The highest BCUT2D eigenvalue weighted by Crippen LogP contribution is 2.20. The van der Waals surface area contributed by atoms with E-state index in [9.17, 15) is 4.79 Å². The lowest BCUT2D eigenvalue weighted by Gasteiger charge is -2.33. The van der Waals surface area contributed by atoms with E-state index in [0.29, 0.717) is 10.7 Å². The van der Waals surface area contributed by atoms with E-state index >= 15 is 0 Å². The van der Waals surface area contributed by atoms with Crippen molar-refractivity contribution in [3.63, 3.8) is 0 Å². The van der Waals surface area contributed by atoms with E-state index in [-0.39, 0.29) is 18.1 Å². The number of ether oxygens (including phenoxy) is 1. The first-order valence-corrected chi connectivity index (χ1v) is 6.85. The minimum Gasteiger partial charge on any atom is -0.364 e. The molecule has 1 aliphatic heterocycles. The molecular weight excluding hydrogens is 264 g/mol. The van der Waals surface area contributed by atoms with Gasteiger partial charge in [-0.25, -0.2) is 0 Å². The molecule has 1 aromatic rings. The normalized spacial score (nSPS) is 23.1. The van der Waals surface area contributed by atoms with E-state index in [4.69, 9.17) is 16.3 Å². The first-order chi connectivity index (χ1) is 9.07. The summed E-state index contributed by atoms with van der Waals surface area (Å²) in [5.41, 5.74) is 0.442. The van der Waals surface area contributed by atoms with Gasteiger partial charge in [-0.3, -0.25) is 4.79 Å². The maximum atomic E-state index is 11.8. The SMILES string of the molecule is CC1(OCC(=O)Nc2cccc(Cl)c2)CCCNC1. The molecule has 5 heteroatoms. The van der Waals surface area contributed by atoms with Crippen molar-refractivity contribution in [1.29, 1.82) is 0 Å². The number of hydrogen-bond donors (Lipinski definition) is 2. The standard InChI is InChI=1S/C14H19ClN2O2/c1-14(6-3-7-16-10-14)19-9-13(18)17-12-5-2-4-11(15)8-12/h2,4-5,8,16H,3,6-7,9-10H2,1H3,(H,17,18). The summed E-state index contributed by atoms with van der Waals surface area (Å²) < 4.78 is 5.73. The van der Waals surface area contributed by atoms with E-state index in [1.807, 2.05) is 6.92 Å². The van der Waals surface area contributed by atoms with Gasteiger partial charge in [0.15, 0.2) is 0 Å². The Balaban J connectivity index is 1.81. The minimum absolute atomic E-state index is 0.0602. The predicted octanol–water partition coefficient (Wildman–Crippen LogP) is 2.44. The largest absolute Gasteiger partial charge is 0.364 e. The average Bonchev–Trinajstić information content (AvgIpc) is 2.38. The second-order valence-corrected chi connectivity index (χ2v) is 5.51. The van der Waals surface area contributed by atoms with Crippen molar-refractivity contribution < 1.29 is 9.53 Å². The molecule has 1 saturated heterocycles. The summed E-state index contributed by atoms with van der Waals surface area (Å²) >= 11 is 5.86. The molecule has 1 fully saturated rings. The van der Waals surface area contributed by atoms with Gasteiger partial charge in [0.25, 0.3) is 0 Å². The van der Waals surface area contributed by atoms with Crippen LogP contribution in [0, 0.1) is 0 Å². The van der Waals surface area contributed by atoms with Gasteiger partial charge in [-0.2, -0.15) is 0 Å². The number of piperidine rings is 1. The monoisotopic (exact) mass is 282 g/mol. The number of anilines is 1. The van der Waals surface area contributed by atoms with Crippen molar-refractivity contribution in [2.24, 2.45) is 0 Å². The van der Waals surface area contributed by atoms with Crippen molar-refractivity contribution in [1.82, 2.24) is 5.32 Å². The molecule has 19 heavy (non-hydrogen) atoms. The fourth-order valence-electron chi connectivity index (χ4n) is 2.15. The van der Waals surface area contributed by atoms with E-state index in [2.05, 4.69) is 10.6 Å². The van der Waals surface area contributed by atoms with Crippen LogP contribution in [0.25, 0.3) is 0 Å². The number of carbonyl (C=O) groups is 1. The molecule has 0 radical (unpaired) electrons. The minimum atomic E-state index is -0.246. The van der Waals surface area contributed by atoms with Crippen molar-refractivity contribution in [2.75, 3.05) is 25.0 Å². The Morgan fingerprint density at radius 2 is 2.42 bits per heavy atom. The third kappa shape index (κ3) is 4.49. The van der Waals surface area contributed by atoms with Crippen LogP contribution in [0.5, 0.6) is 0 Å². The molecule has 2 N–H and O–H groups in total. The fourth-order valence-corrected chi connectivity index (χ4v) is 2.35. The van der Waals surface area contributed by atoms with Crippen molar-refractivity contribution in [3.05, 3.63) is 29.3 Å². The zero-order valence-electron chi connectivity index (χ0n) is 11.0. The molecule has 1 aliphatic rings. The first kappa shape index (κ1) is 14.3. The van der Waals surface area contributed by atoms with Crippen LogP contribution in [-0.4, -0.2) is 31.2 Å². The summed E-state index contributed by atoms with van der Waals surface area (Å²) in [4.78, 5) is 11.8. The Labute approximate surface area is 118 Å². The molecule has 0 bridgehead atoms. The summed E-state index contributed by atoms with van der Waals surface area (Å²) in [6.45, 7) is 3.90.